The highest BCUT2D eigenvalue weighted by Gasteiger charge is 2.28. The van der Waals surface area contributed by atoms with Gasteiger partial charge in [-0.2, -0.15) is 0 Å². The molecule has 0 radical (unpaired) electrons. The first kappa shape index (κ1) is 23.3. The Morgan fingerprint density at radius 2 is 1.88 bits per heavy atom. The number of aryl methyl sites for hydroxylation is 1. The van der Waals surface area contributed by atoms with Crippen LogP contribution in [0.15, 0.2) is 48.5 Å². The van der Waals surface area contributed by atoms with E-state index in [0.29, 0.717) is 45.9 Å². The van der Waals surface area contributed by atoms with E-state index in [1.807, 2.05) is 19.1 Å². The normalized spacial score (nSPS) is 14.2. The fourth-order valence-electron chi connectivity index (χ4n) is 4.22. The number of fused-ring (bicyclic) bond motifs is 1. The van der Waals surface area contributed by atoms with Gasteiger partial charge in [-0.05, 0) is 61.4 Å². The highest BCUT2D eigenvalue weighted by Crippen LogP contribution is 2.41. The summed E-state index contributed by atoms with van der Waals surface area (Å²) in [6.45, 7) is 3.63. The fraction of sp³-hybridized carbons (Fsp3) is 0.259. The lowest BCUT2D eigenvalue weighted by atomic mass is 9.95. The number of benzene rings is 3. The van der Waals surface area contributed by atoms with Crippen LogP contribution in [-0.4, -0.2) is 38.6 Å². The van der Waals surface area contributed by atoms with Crippen molar-refractivity contribution in [3.8, 4) is 28.4 Å². The molecular formula is C27H26FNO5. The molecule has 34 heavy (non-hydrogen) atoms. The summed E-state index contributed by atoms with van der Waals surface area (Å²) < 4.78 is 31.5. The van der Waals surface area contributed by atoms with Gasteiger partial charge in [0.1, 0.15) is 17.7 Å². The van der Waals surface area contributed by atoms with E-state index < -0.39 is 5.82 Å². The summed E-state index contributed by atoms with van der Waals surface area (Å²) in [5.41, 5.74) is 3.59. The quantitative estimate of drug-likeness (QED) is 0.512. The number of hydrogen-bond acceptors (Lipinski definition) is 5. The zero-order valence-electron chi connectivity index (χ0n) is 19.5. The van der Waals surface area contributed by atoms with Crippen molar-refractivity contribution in [3.05, 3.63) is 76.6 Å². The number of halogens is 1. The highest BCUT2D eigenvalue weighted by atomic mass is 19.1. The third-order valence-electron chi connectivity index (χ3n) is 5.84. The summed E-state index contributed by atoms with van der Waals surface area (Å²) in [5, 5.41) is 2.89. The minimum atomic E-state index is -0.428. The van der Waals surface area contributed by atoms with Gasteiger partial charge >= 0.3 is 0 Å². The lowest BCUT2D eigenvalue weighted by molar-refractivity contribution is 0.0929. The molecule has 0 saturated carbocycles. The SMILES string of the molecule is COc1cccc(C(=O)NCC2Cc3cc(C)cc(-c4cc(C(C)=O)ccc4F)c3O2)c1OC. The predicted octanol–water partition coefficient (Wildman–Crippen LogP) is 4.75. The largest absolute Gasteiger partial charge is 0.493 e. The van der Waals surface area contributed by atoms with Crippen molar-refractivity contribution in [2.75, 3.05) is 20.8 Å². The second kappa shape index (κ2) is 9.55. The average molecular weight is 464 g/mol. The maximum atomic E-state index is 14.7. The number of methoxy groups -OCH3 is 2. The third-order valence-corrected chi connectivity index (χ3v) is 5.84. The number of nitrogens with one attached hydrogen (secondary N) is 1. The number of amides is 1. The van der Waals surface area contributed by atoms with Crippen molar-refractivity contribution in [3.63, 3.8) is 0 Å². The Balaban J connectivity index is 1.56. The van der Waals surface area contributed by atoms with Crippen LogP contribution < -0.4 is 19.5 Å². The molecule has 0 fully saturated rings. The van der Waals surface area contributed by atoms with Crippen molar-refractivity contribution in [1.82, 2.24) is 5.32 Å². The lowest BCUT2D eigenvalue weighted by Crippen LogP contribution is -2.34. The van der Waals surface area contributed by atoms with Gasteiger partial charge in [0.25, 0.3) is 5.91 Å². The lowest BCUT2D eigenvalue weighted by Gasteiger charge is -2.16. The van der Waals surface area contributed by atoms with E-state index in [2.05, 4.69) is 5.32 Å². The number of carbonyl (C=O) groups is 2. The molecule has 1 heterocycles. The van der Waals surface area contributed by atoms with Crippen molar-refractivity contribution in [1.29, 1.82) is 0 Å². The van der Waals surface area contributed by atoms with Crippen LogP contribution in [0.3, 0.4) is 0 Å². The first-order chi connectivity index (χ1) is 16.3. The van der Waals surface area contributed by atoms with Crippen LogP contribution in [0.2, 0.25) is 0 Å². The smallest absolute Gasteiger partial charge is 0.255 e. The van der Waals surface area contributed by atoms with Crippen LogP contribution in [0.1, 0.15) is 38.8 Å². The maximum Gasteiger partial charge on any atom is 0.255 e. The predicted molar refractivity (Wildman–Crippen MR) is 127 cm³/mol. The van der Waals surface area contributed by atoms with Crippen LogP contribution in [0, 0.1) is 12.7 Å². The molecule has 3 aromatic rings. The zero-order valence-corrected chi connectivity index (χ0v) is 19.5. The van der Waals surface area contributed by atoms with Crippen molar-refractivity contribution in [2.45, 2.75) is 26.4 Å². The molecule has 4 rings (SSSR count). The van der Waals surface area contributed by atoms with Crippen molar-refractivity contribution in [2.24, 2.45) is 0 Å². The fourth-order valence-corrected chi connectivity index (χ4v) is 4.22. The van der Waals surface area contributed by atoms with Gasteiger partial charge in [0.15, 0.2) is 17.3 Å². The first-order valence-electron chi connectivity index (χ1n) is 10.9. The van der Waals surface area contributed by atoms with Crippen molar-refractivity contribution < 1.29 is 28.2 Å². The van der Waals surface area contributed by atoms with E-state index >= 15 is 0 Å². The summed E-state index contributed by atoms with van der Waals surface area (Å²) in [6, 6.07) is 13.3. The Bertz CT molecular complexity index is 1270. The minimum absolute atomic E-state index is 0.139. The Labute approximate surface area is 197 Å². The van der Waals surface area contributed by atoms with E-state index in [1.165, 1.54) is 33.3 Å². The van der Waals surface area contributed by atoms with Gasteiger partial charge in [-0.15, -0.1) is 0 Å². The molecule has 0 aromatic heterocycles. The van der Waals surface area contributed by atoms with E-state index in [1.54, 1.807) is 24.3 Å². The molecule has 1 amide bonds. The van der Waals surface area contributed by atoms with Crippen LogP contribution in [0.5, 0.6) is 17.2 Å². The maximum absolute atomic E-state index is 14.7. The van der Waals surface area contributed by atoms with Gasteiger partial charge in [0.2, 0.25) is 0 Å². The van der Waals surface area contributed by atoms with E-state index in [4.69, 9.17) is 14.2 Å². The Hall–Kier alpha value is -3.87. The molecule has 1 aliphatic heterocycles. The second-order valence-electron chi connectivity index (χ2n) is 8.25. The zero-order chi connectivity index (χ0) is 24.4. The van der Waals surface area contributed by atoms with Crippen LogP contribution in [-0.2, 0) is 6.42 Å². The first-order valence-corrected chi connectivity index (χ1v) is 10.9. The summed E-state index contributed by atoms with van der Waals surface area (Å²) >= 11 is 0. The number of Topliss-reactive ketones (excluding diaryl/α,β-unsaturated/α-hetero) is 1. The van der Waals surface area contributed by atoms with Gasteiger partial charge in [0, 0.05) is 23.1 Å². The Kier molecular flexibility index (Phi) is 6.54. The third kappa shape index (κ3) is 4.46. The molecule has 1 unspecified atom stereocenters. The molecule has 3 aromatic carbocycles. The van der Waals surface area contributed by atoms with E-state index in [0.717, 1.165) is 11.1 Å². The van der Waals surface area contributed by atoms with Crippen LogP contribution in [0.4, 0.5) is 4.39 Å². The molecule has 1 aliphatic rings. The molecule has 176 valence electrons. The molecule has 0 aliphatic carbocycles. The van der Waals surface area contributed by atoms with Crippen molar-refractivity contribution >= 4 is 11.7 Å². The van der Waals surface area contributed by atoms with Crippen LogP contribution >= 0.6 is 0 Å². The van der Waals surface area contributed by atoms with Gasteiger partial charge in [0.05, 0.1) is 26.3 Å². The number of ether oxygens (including phenoxy) is 3. The minimum Gasteiger partial charge on any atom is -0.493 e. The summed E-state index contributed by atoms with van der Waals surface area (Å²) in [6.07, 6.45) is 0.239. The number of carbonyl (C=O) groups excluding carboxylic acids is 2. The Morgan fingerprint density at radius 1 is 1.09 bits per heavy atom. The number of rotatable bonds is 7. The standard InChI is InChI=1S/C27H26FNO5/c1-15-10-18-12-19(14-29-27(31)20-6-5-7-24(32-3)26(20)33-4)34-25(18)22(11-15)21-13-17(16(2)30)8-9-23(21)28/h5-11,13,19H,12,14H2,1-4H3,(H,29,31). The topological polar surface area (TPSA) is 73.9 Å². The molecule has 0 spiro atoms. The van der Waals surface area contributed by atoms with E-state index in [-0.39, 0.29) is 24.3 Å². The molecule has 1 atom stereocenters. The van der Waals surface area contributed by atoms with E-state index in [9.17, 15) is 14.0 Å². The summed E-state index contributed by atoms with van der Waals surface area (Å²) in [4.78, 5) is 24.7. The van der Waals surface area contributed by atoms with Crippen LogP contribution in [0.25, 0.3) is 11.1 Å². The van der Waals surface area contributed by atoms with Gasteiger partial charge in [-0.1, -0.05) is 12.1 Å². The number of hydrogen-bond donors (Lipinski definition) is 1. The van der Waals surface area contributed by atoms with Gasteiger partial charge in [-0.25, -0.2) is 4.39 Å². The second-order valence-corrected chi connectivity index (χ2v) is 8.25. The summed E-state index contributed by atoms with van der Waals surface area (Å²) in [5.74, 6) is 0.519. The molecule has 6 nitrogen and oxygen atoms in total. The van der Waals surface area contributed by atoms with Gasteiger partial charge in [-0.3, -0.25) is 9.59 Å². The molecular weight excluding hydrogens is 437 g/mol. The molecule has 0 saturated heterocycles. The Morgan fingerprint density at radius 3 is 2.59 bits per heavy atom. The monoisotopic (exact) mass is 463 g/mol. The molecule has 0 bridgehead atoms. The molecule has 7 heteroatoms. The average Bonchev–Trinajstić information content (AvgIpc) is 3.24. The molecule has 1 N–H and O–H groups in total. The summed E-state index contributed by atoms with van der Waals surface area (Å²) in [7, 11) is 2.99. The number of para-hydroxylation sites is 1. The highest BCUT2D eigenvalue weighted by molar-refractivity contribution is 5.98. The van der Waals surface area contributed by atoms with Gasteiger partial charge < -0.3 is 19.5 Å². The number of ketones is 1.